The second-order valence-electron chi connectivity index (χ2n) is 6.33. The number of carbonyl (C=O) groups excluding carboxylic acids is 1. The molecular formula is C16H24N2OS. The summed E-state index contributed by atoms with van der Waals surface area (Å²) in [5.74, 6) is 1.28. The van der Waals surface area contributed by atoms with Gasteiger partial charge in [0, 0.05) is 17.0 Å². The van der Waals surface area contributed by atoms with Gasteiger partial charge in [-0.15, -0.1) is 0 Å². The lowest BCUT2D eigenvalue weighted by Gasteiger charge is -2.28. The zero-order valence-electron chi connectivity index (χ0n) is 12.5. The molecule has 3 nitrogen and oxygen atoms in total. The van der Waals surface area contributed by atoms with Crippen LogP contribution in [0.25, 0.3) is 0 Å². The molecule has 0 bridgehead atoms. The minimum absolute atomic E-state index is 0.0796. The van der Waals surface area contributed by atoms with Crippen LogP contribution in [0.4, 0.5) is 5.69 Å². The normalized spacial score (nSPS) is 22.8. The third-order valence-electron chi connectivity index (χ3n) is 4.12. The van der Waals surface area contributed by atoms with E-state index in [4.69, 9.17) is 5.73 Å². The van der Waals surface area contributed by atoms with E-state index in [1.54, 1.807) is 0 Å². The number of nitrogen functional groups attached to an aromatic ring is 1. The molecule has 1 fully saturated rings. The Labute approximate surface area is 125 Å². The Morgan fingerprint density at radius 2 is 2.05 bits per heavy atom. The Hall–Kier alpha value is -1.16. The standard InChI is InChI=1S/C16H24N2OS/c1-15(2,12-5-7-13(17)8-6-12)14(19)18-11-16(3)9-4-10-20-16/h5-8H,4,9-11,17H2,1-3H3,(H,18,19). The van der Waals surface area contributed by atoms with Crippen molar-refractivity contribution in [2.45, 2.75) is 43.8 Å². The van der Waals surface area contributed by atoms with Crippen LogP contribution >= 0.6 is 11.8 Å². The van der Waals surface area contributed by atoms with Gasteiger partial charge in [-0.05, 0) is 57.1 Å². The van der Waals surface area contributed by atoms with Crippen molar-refractivity contribution in [3.05, 3.63) is 29.8 Å². The summed E-state index contributed by atoms with van der Waals surface area (Å²) in [4.78, 5) is 12.5. The monoisotopic (exact) mass is 292 g/mol. The summed E-state index contributed by atoms with van der Waals surface area (Å²) in [5.41, 5.74) is 6.88. The van der Waals surface area contributed by atoms with Crippen LogP contribution in [-0.2, 0) is 10.2 Å². The highest BCUT2D eigenvalue weighted by Gasteiger charge is 2.34. The maximum atomic E-state index is 12.5. The largest absolute Gasteiger partial charge is 0.399 e. The minimum Gasteiger partial charge on any atom is -0.399 e. The highest BCUT2D eigenvalue weighted by atomic mass is 32.2. The smallest absolute Gasteiger partial charge is 0.230 e. The first kappa shape index (κ1) is 15.2. The molecule has 2 rings (SSSR count). The fourth-order valence-electron chi connectivity index (χ4n) is 2.50. The number of carbonyl (C=O) groups is 1. The van der Waals surface area contributed by atoms with E-state index >= 15 is 0 Å². The molecule has 110 valence electrons. The van der Waals surface area contributed by atoms with Crippen LogP contribution in [0.5, 0.6) is 0 Å². The van der Waals surface area contributed by atoms with Crippen molar-refractivity contribution in [3.63, 3.8) is 0 Å². The third-order valence-corrected chi connectivity index (χ3v) is 5.66. The van der Waals surface area contributed by atoms with E-state index < -0.39 is 5.41 Å². The van der Waals surface area contributed by atoms with Gasteiger partial charge in [0.25, 0.3) is 0 Å². The number of amides is 1. The zero-order chi connectivity index (χ0) is 14.8. The van der Waals surface area contributed by atoms with Gasteiger partial charge in [-0.3, -0.25) is 4.79 Å². The fraction of sp³-hybridized carbons (Fsp3) is 0.562. The van der Waals surface area contributed by atoms with Crippen molar-refractivity contribution in [1.29, 1.82) is 0 Å². The first-order valence-corrected chi connectivity index (χ1v) is 8.10. The molecule has 1 saturated heterocycles. The molecule has 0 radical (unpaired) electrons. The molecule has 0 aliphatic carbocycles. The van der Waals surface area contributed by atoms with Crippen LogP contribution in [0, 0.1) is 0 Å². The second kappa shape index (κ2) is 5.68. The average Bonchev–Trinajstić information content (AvgIpc) is 2.84. The molecule has 3 N–H and O–H groups in total. The summed E-state index contributed by atoms with van der Waals surface area (Å²) in [6.45, 7) is 6.89. The number of anilines is 1. The summed E-state index contributed by atoms with van der Waals surface area (Å²) in [6, 6.07) is 7.55. The first-order chi connectivity index (χ1) is 9.33. The van der Waals surface area contributed by atoms with Crippen molar-refractivity contribution in [2.24, 2.45) is 0 Å². The lowest BCUT2D eigenvalue weighted by Crippen LogP contribution is -2.45. The maximum Gasteiger partial charge on any atom is 0.230 e. The van der Waals surface area contributed by atoms with Gasteiger partial charge < -0.3 is 11.1 Å². The summed E-state index contributed by atoms with van der Waals surface area (Å²) in [6.07, 6.45) is 2.43. The predicted octanol–water partition coefficient (Wildman–Crippen LogP) is 2.95. The van der Waals surface area contributed by atoms with E-state index in [0.717, 1.165) is 17.8 Å². The lowest BCUT2D eigenvalue weighted by molar-refractivity contribution is -0.125. The Balaban J connectivity index is 2.01. The molecule has 1 heterocycles. The van der Waals surface area contributed by atoms with Crippen LogP contribution in [0.3, 0.4) is 0 Å². The van der Waals surface area contributed by atoms with Crippen molar-refractivity contribution >= 4 is 23.4 Å². The summed E-state index contributed by atoms with van der Waals surface area (Å²) >= 11 is 1.96. The quantitative estimate of drug-likeness (QED) is 0.839. The number of hydrogen-bond acceptors (Lipinski definition) is 3. The molecule has 20 heavy (non-hydrogen) atoms. The van der Waals surface area contributed by atoms with Crippen LogP contribution < -0.4 is 11.1 Å². The van der Waals surface area contributed by atoms with Gasteiger partial charge in [0.05, 0.1) is 5.41 Å². The molecule has 1 unspecified atom stereocenters. The molecule has 0 aromatic heterocycles. The summed E-state index contributed by atoms with van der Waals surface area (Å²) < 4.78 is 0.201. The molecule has 1 aromatic carbocycles. The van der Waals surface area contributed by atoms with E-state index in [1.807, 2.05) is 49.9 Å². The fourth-order valence-corrected chi connectivity index (χ4v) is 3.74. The molecule has 0 spiro atoms. The number of rotatable bonds is 4. The van der Waals surface area contributed by atoms with Crippen LogP contribution in [0.15, 0.2) is 24.3 Å². The van der Waals surface area contributed by atoms with Gasteiger partial charge in [-0.25, -0.2) is 0 Å². The molecule has 1 aromatic rings. The van der Waals surface area contributed by atoms with E-state index in [1.165, 1.54) is 18.6 Å². The van der Waals surface area contributed by atoms with Gasteiger partial charge in [0.15, 0.2) is 0 Å². The number of thioether (sulfide) groups is 1. The van der Waals surface area contributed by atoms with Gasteiger partial charge in [0.1, 0.15) is 0 Å². The highest BCUT2D eigenvalue weighted by molar-refractivity contribution is 8.00. The third kappa shape index (κ3) is 3.29. The Bertz CT molecular complexity index is 476. The summed E-state index contributed by atoms with van der Waals surface area (Å²) in [7, 11) is 0. The molecule has 0 saturated carbocycles. The van der Waals surface area contributed by atoms with Crippen molar-refractivity contribution in [2.75, 3.05) is 18.0 Å². The van der Waals surface area contributed by atoms with Crippen molar-refractivity contribution < 1.29 is 4.79 Å². The highest BCUT2D eigenvalue weighted by Crippen LogP contribution is 2.37. The number of nitrogens with two attached hydrogens (primary N) is 1. The van der Waals surface area contributed by atoms with Crippen LogP contribution in [0.1, 0.15) is 39.2 Å². The average molecular weight is 292 g/mol. The van der Waals surface area contributed by atoms with E-state index in [2.05, 4.69) is 12.2 Å². The van der Waals surface area contributed by atoms with Gasteiger partial charge >= 0.3 is 0 Å². The molecule has 4 heteroatoms. The van der Waals surface area contributed by atoms with E-state index in [0.29, 0.717) is 0 Å². The molecule has 1 atom stereocenters. The minimum atomic E-state index is -0.534. The number of benzene rings is 1. The van der Waals surface area contributed by atoms with Crippen molar-refractivity contribution in [3.8, 4) is 0 Å². The predicted molar refractivity (Wildman–Crippen MR) is 87.0 cm³/mol. The first-order valence-electron chi connectivity index (χ1n) is 7.12. The molecule has 1 aliphatic rings. The van der Waals surface area contributed by atoms with Gasteiger partial charge in [0.2, 0.25) is 5.91 Å². The van der Waals surface area contributed by atoms with Crippen LogP contribution in [-0.4, -0.2) is 23.0 Å². The molecule has 1 amide bonds. The Morgan fingerprint density at radius 3 is 2.60 bits per heavy atom. The van der Waals surface area contributed by atoms with E-state index in [-0.39, 0.29) is 10.7 Å². The van der Waals surface area contributed by atoms with Gasteiger partial charge in [-0.1, -0.05) is 12.1 Å². The lowest BCUT2D eigenvalue weighted by atomic mass is 9.83. The maximum absolute atomic E-state index is 12.5. The molecular weight excluding hydrogens is 268 g/mol. The van der Waals surface area contributed by atoms with Gasteiger partial charge in [-0.2, -0.15) is 11.8 Å². The summed E-state index contributed by atoms with van der Waals surface area (Å²) in [5, 5.41) is 3.13. The number of nitrogens with one attached hydrogen (secondary N) is 1. The van der Waals surface area contributed by atoms with Crippen LogP contribution in [0.2, 0.25) is 0 Å². The number of hydrogen-bond donors (Lipinski definition) is 2. The van der Waals surface area contributed by atoms with Crippen molar-refractivity contribution in [1.82, 2.24) is 5.32 Å². The Morgan fingerprint density at radius 1 is 1.40 bits per heavy atom. The zero-order valence-corrected chi connectivity index (χ0v) is 13.3. The molecule has 1 aliphatic heterocycles. The second-order valence-corrected chi connectivity index (χ2v) is 8.01. The topological polar surface area (TPSA) is 55.1 Å². The SMILES string of the molecule is CC1(CNC(=O)C(C)(C)c2ccc(N)cc2)CCCS1. The van der Waals surface area contributed by atoms with E-state index in [9.17, 15) is 4.79 Å². The Kier molecular flexibility index (Phi) is 4.33.